The van der Waals surface area contributed by atoms with Gasteiger partial charge in [0.1, 0.15) is 0 Å². The number of hydrogen-bond acceptors (Lipinski definition) is 4. The van der Waals surface area contributed by atoms with Crippen LogP contribution in [0.25, 0.3) is 0 Å². The fourth-order valence-electron chi connectivity index (χ4n) is 2.89. The lowest BCUT2D eigenvalue weighted by Crippen LogP contribution is -2.44. The van der Waals surface area contributed by atoms with Crippen molar-refractivity contribution >= 4 is 15.9 Å². The Balaban J connectivity index is 2.13. The third-order valence-corrected chi connectivity index (χ3v) is 5.69. The highest BCUT2D eigenvalue weighted by Crippen LogP contribution is 2.28. The molecule has 1 atom stereocenters. The van der Waals surface area contributed by atoms with Gasteiger partial charge in [-0.05, 0) is 43.0 Å². The second kappa shape index (κ2) is 7.21. The highest BCUT2D eigenvalue weighted by molar-refractivity contribution is 7.89. The van der Waals surface area contributed by atoms with E-state index in [1.54, 1.807) is 0 Å². The maximum atomic E-state index is 12.4. The molecule has 1 aromatic rings. The molecule has 0 aliphatic heterocycles. The topological polar surface area (TPSA) is 101 Å². The van der Waals surface area contributed by atoms with Gasteiger partial charge in [-0.15, -0.1) is 0 Å². The third kappa shape index (κ3) is 3.85. The van der Waals surface area contributed by atoms with E-state index in [0.29, 0.717) is 18.0 Å². The Hall–Kier alpha value is -1.44. The largest absolute Gasteiger partial charge is 0.355 e. The van der Waals surface area contributed by atoms with Crippen molar-refractivity contribution in [3.05, 3.63) is 29.8 Å². The van der Waals surface area contributed by atoms with Crippen LogP contribution in [0.5, 0.6) is 0 Å². The molecule has 0 heterocycles. The van der Waals surface area contributed by atoms with Crippen molar-refractivity contribution in [1.82, 2.24) is 10.0 Å². The van der Waals surface area contributed by atoms with Crippen LogP contribution >= 0.6 is 0 Å². The van der Waals surface area contributed by atoms with E-state index in [-0.39, 0.29) is 16.8 Å². The van der Waals surface area contributed by atoms with Gasteiger partial charge in [-0.3, -0.25) is 4.79 Å². The van der Waals surface area contributed by atoms with E-state index in [9.17, 15) is 13.2 Å². The quantitative estimate of drug-likeness (QED) is 0.721. The molecule has 1 saturated carbocycles. The standard InChI is InChI=1S/C15H23N3O3S/c1-17-15(19)12-6-8-13(9-7-12)22(20,21)18-14(10-16)11-4-2-3-5-11/h6-9,11,14,18H,2-5,10,16H2,1H3,(H,17,19). The second-order valence-corrected chi connectivity index (χ2v) is 7.33. The molecule has 122 valence electrons. The van der Waals surface area contributed by atoms with Crippen LogP contribution in [0.3, 0.4) is 0 Å². The summed E-state index contributed by atoms with van der Waals surface area (Å²) in [6.07, 6.45) is 4.29. The Morgan fingerprint density at radius 2 is 1.86 bits per heavy atom. The summed E-state index contributed by atoms with van der Waals surface area (Å²) in [7, 11) is -2.09. The Kier molecular flexibility index (Phi) is 5.55. The van der Waals surface area contributed by atoms with Gasteiger partial charge in [0, 0.05) is 25.2 Å². The molecule has 1 unspecified atom stereocenters. The fraction of sp³-hybridized carbons (Fsp3) is 0.533. The number of nitrogens with two attached hydrogens (primary N) is 1. The van der Waals surface area contributed by atoms with Crippen molar-refractivity contribution in [2.24, 2.45) is 11.7 Å². The summed E-state index contributed by atoms with van der Waals surface area (Å²) in [6.45, 7) is 0.292. The number of carbonyl (C=O) groups is 1. The van der Waals surface area contributed by atoms with Gasteiger partial charge in [-0.25, -0.2) is 13.1 Å². The molecule has 1 aromatic carbocycles. The number of carbonyl (C=O) groups excluding carboxylic acids is 1. The molecule has 7 heteroatoms. The smallest absolute Gasteiger partial charge is 0.251 e. The summed E-state index contributed by atoms with van der Waals surface area (Å²) in [5.74, 6) is 0.0626. The van der Waals surface area contributed by atoms with E-state index in [0.717, 1.165) is 25.7 Å². The van der Waals surface area contributed by atoms with Gasteiger partial charge < -0.3 is 11.1 Å². The van der Waals surface area contributed by atoms with Crippen LogP contribution in [0.15, 0.2) is 29.2 Å². The molecular formula is C15H23N3O3S. The molecule has 0 saturated heterocycles. The highest BCUT2D eigenvalue weighted by Gasteiger charge is 2.28. The van der Waals surface area contributed by atoms with E-state index < -0.39 is 10.0 Å². The first-order valence-electron chi connectivity index (χ1n) is 7.52. The second-order valence-electron chi connectivity index (χ2n) is 5.61. The molecule has 1 amide bonds. The monoisotopic (exact) mass is 325 g/mol. The van der Waals surface area contributed by atoms with Crippen molar-refractivity contribution in [2.45, 2.75) is 36.6 Å². The minimum absolute atomic E-state index is 0.150. The van der Waals surface area contributed by atoms with Gasteiger partial charge in [0.2, 0.25) is 10.0 Å². The number of nitrogens with one attached hydrogen (secondary N) is 2. The van der Waals surface area contributed by atoms with Crippen LogP contribution in [0.4, 0.5) is 0 Å². The van der Waals surface area contributed by atoms with Crippen molar-refractivity contribution in [3.8, 4) is 0 Å². The number of amides is 1. The third-order valence-electron chi connectivity index (χ3n) is 4.18. The predicted octanol–water partition coefficient (Wildman–Crippen LogP) is 0.842. The van der Waals surface area contributed by atoms with Crippen LogP contribution in [-0.2, 0) is 10.0 Å². The van der Waals surface area contributed by atoms with Gasteiger partial charge in [0.25, 0.3) is 5.91 Å². The Labute approximate surface area is 131 Å². The summed E-state index contributed by atoms with van der Waals surface area (Å²) in [6, 6.07) is 5.65. The summed E-state index contributed by atoms with van der Waals surface area (Å²) < 4.78 is 27.6. The van der Waals surface area contributed by atoms with E-state index in [4.69, 9.17) is 5.73 Å². The number of hydrogen-bond donors (Lipinski definition) is 3. The Morgan fingerprint density at radius 3 is 2.36 bits per heavy atom. The zero-order valence-electron chi connectivity index (χ0n) is 12.7. The molecule has 0 spiro atoms. The molecule has 4 N–H and O–H groups in total. The van der Waals surface area contributed by atoms with E-state index >= 15 is 0 Å². The first-order chi connectivity index (χ1) is 10.5. The zero-order valence-corrected chi connectivity index (χ0v) is 13.5. The van der Waals surface area contributed by atoms with Gasteiger partial charge in [-0.2, -0.15) is 0 Å². The van der Waals surface area contributed by atoms with Crippen molar-refractivity contribution in [3.63, 3.8) is 0 Å². The van der Waals surface area contributed by atoms with Crippen molar-refractivity contribution in [1.29, 1.82) is 0 Å². The maximum absolute atomic E-state index is 12.4. The van der Waals surface area contributed by atoms with E-state index in [2.05, 4.69) is 10.0 Å². The fourth-order valence-corrected chi connectivity index (χ4v) is 4.21. The Morgan fingerprint density at radius 1 is 1.27 bits per heavy atom. The molecule has 0 radical (unpaired) electrons. The minimum atomic E-state index is -3.62. The first-order valence-corrected chi connectivity index (χ1v) is 9.01. The number of benzene rings is 1. The molecule has 1 aliphatic rings. The SMILES string of the molecule is CNC(=O)c1ccc(S(=O)(=O)NC(CN)C2CCCC2)cc1. The lowest BCUT2D eigenvalue weighted by molar-refractivity contribution is 0.0963. The molecule has 1 aliphatic carbocycles. The highest BCUT2D eigenvalue weighted by atomic mass is 32.2. The van der Waals surface area contributed by atoms with Crippen LogP contribution in [-0.4, -0.2) is 34.0 Å². The molecular weight excluding hydrogens is 302 g/mol. The van der Waals surface area contributed by atoms with Gasteiger partial charge >= 0.3 is 0 Å². The van der Waals surface area contributed by atoms with E-state index in [1.165, 1.54) is 31.3 Å². The van der Waals surface area contributed by atoms with Crippen molar-refractivity contribution < 1.29 is 13.2 Å². The maximum Gasteiger partial charge on any atom is 0.251 e. The normalized spacial score (nSPS) is 17.4. The molecule has 0 bridgehead atoms. The summed E-state index contributed by atoms with van der Waals surface area (Å²) in [5, 5.41) is 2.50. The number of rotatable bonds is 6. The van der Waals surface area contributed by atoms with Gasteiger partial charge in [0.05, 0.1) is 4.90 Å². The van der Waals surface area contributed by atoms with Gasteiger partial charge in [-0.1, -0.05) is 12.8 Å². The molecule has 2 rings (SSSR count). The van der Waals surface area contributed by atoms with Crippen LogP contribution in [0, 0.1) is 5.92 Å². The average Bonchev–Trinajstić information content (AvgIpc) is 3.06. The van der Waals surface area contributed by atoms with E-state index in [1.807, 2.05) is 0 Å². The average molecular weight is 325 g/mol. The first kappa shape index (κ1) is 16.9. The van der Waals surface area contributed by atoms with Gasteiger partial charge in [0.15, 0.2) is 0 Å². The van der Waals surface area contributed by atoms with Crippen LogP contribution in [0.2, 0.25) is 0 Å². The lowest BCUT2D eigenvalue weighted by atomic mass is 9.99. The summed E-state index contributed by atoms with van der Waals surface area (Å²) in [4.78, 5) is 11.6. The van der Waals surface area contributed by atoms with Crippen LogP contribution in [0.1, 0.15) is 36.0 Å². The summed E-state index contributed by atoms with van der Waals surface area (Å²) in [5.41, 5.74) is 6.16. The zero-order chi connectivity index (χ0) is 16.2. The molecule has 1 fully saturated rings. The summed E-state index contributed by atoms with van der Waals surface area (Å²) >= 11 is 0. The predicted molar refractivity (Wildman–Crippen MR) is 85.0 cm³/mol. The van der Waals surface area contributed by atoms with Crippen LogP contribution < -0.4 is 15.8 Å². The lowest BCUT2D eigenvalue weighted by Gasteiger charge is -2.23. The number of sulfonamides is 1. The molecule has 22 heavy (non-hydrogen) atoms. The molecule has 6 nitrogen and oxygen atoms in total. The molecule has 0 aromatic heterocycles. The van der Waals surface area contributed by atoms with Crippen molar-refractivity contribution in [2.75, 3.05) is 13.6 Å². The Bertz CT molecular complexity index is 607. The minimum Gasteiger partial charge on any atom is -0.355 e.